The summed E-state index contributed by atoms with van der Waals surface area (Å²) in [6, 6.07) is 10.6. The molecule has 0 radical (unpaired) electrons. The number of nitrogens with two attached hydrogens (primary N) is 1. The van der Waals surface area contributed by atoms with Crippen molar-refractivity contribution in [3.8, 4) is 11.5 Å². The van der Waals surface area contributed by atoms with Crippen LogP contribution in [-0.4, -0.2) is 11.1 Å². The van der Waals surface area contributed by atoms with Crippen molar-refractivity contribution in [1.29, 1.82) is 0 Å². The Morgan fingerprint density at radius 1 is 1.24 bits per heavy atom. The number of hydrogen-bond donors (Lipinski definition) is 2. The maximum atomic E-state index is 11.3. The van der Waals surface area contributed by atoms with Crippen molar-refractivity contribution in [2.75, 3.05) is 5.73 Å². The summed E-state index contributed by atoms with van der Waals surface area (Å²) < 4.78 is 5.82. The largest absolute Gasteiger partial charge is 0.478 e. The number of rotatable bonds is 4. The average Bonchev–Trinajstić information content (AvgIpc) is 2.42. The summed E-state index contributed by atoms with van der Waals surface area (Å²) in [6.45, 7) is 6.10. The van der Waals surface area contributed by atoms with Gasteiger partial charge in [-0.2, -0.15) is 0 Å². The maximum Gasteiger partial charge on any atom is 0.339 e. The Kier molecular flexibility index (Phi) is 4.17. The van der Waals surface area contributed by atoms with Crippen molar-refractivity contribution in [3.63, 3.8) is 0 Å². The van der Waals surface area contributed by atoms with E-state index in [0.29, 0.717) is 17.4 Å². The van der Waals surface area contributed by atoms with E-state index in [1.807, 2.05) is 25.1 Å². The molecule has 21 heavy (non-hydrogen) atoms. The van der Waals surface area contributed by atoms with Crippen LogP contribution in [0, 0.1) is 6.92 Å². The lowest BCUT2D eigenvalue weighted by atomic mass is 10.0. The topological polar surface area (TPSA) is 72.5 Å². The summed E-state index contributed by atoms with van der Waals surface area (Å²) >= 11 is 0. The molecule has 0 unspecified atom stereocenters. The monoisotopic (exact) mass is 285 g/mol. The summed E-state index contributed by atoms with van der Waals surface area (Å²) in [6.07, 6.45) is 0. The highest BCUT2D eigenvalue weighted by Gasteiger charge is 2.16. The fourth-order valence-electron chi connectivity index (χ4n) is 2.03. The van der Waals surface area contributed by atoms with Crippen LogP contribution in [0.4, 0.5) is 5.69 Å². The molecule has 0 atom stereocenters. The number of carboxylic acids is 1. The van der Waals surface area contributed by atoms with Crippen molar-refractivity contribution in [3.05, 3.63) is 53.1 Å². The van der Waals surface area contributed by atoms with Crippen molar-refractivity contribution < 1.29 is 14.6 Å². The third-order valence-corrected chi connectivity index (χ3v) is 3.37. The quantitative estimate of drug-likeness (QED) is 0.826. The molecule has 0 amide bonds. The Bertz CT molecular complexity index is 678. The van der Waals surface area contributed by atoms with Gasteiger partial charge in [0.05, 0.1) is 5.69 Å². The van der Waals surface area contributed by atoms with Crippen LogP contribution in [0.1, 0.15) is 41.3 Å². The second kappa shape index (κ2) is 5.87. The lowest BCUT2D eigenvalue weighted by molar-refractivity contribution is 0.0694. The van der Waals surface area contributed by atoms with Gasteiger partial charge in [0.15, 0.2) is 5.75 Å². The second-order valence-corrected chi connectivity index (χ2v) is 5.31. The van der Waals surface area contributed by atoms with Gasteiger partial charge in [-0.15, -0.1) is 0 Å². The van der Waals surface area contributed by atoms with Crippen molar-refractivity contribution in [1.82, 2.24) is 0 Å². The predicted octanol–water partition coefficient (Wildman–Crippen LogP) is 4.19. The molecule has 0 aliphatic rings. The molecule has 2 aromatic rings. The van der Waals surface area contributed by atoms with Gasteiger partial charge in [0.2, 0.25) is 0 Å². The van der Waals surface area contributed by atoms with E-state index in [9.17, 15) is 9.90 Å². The van der Waals surface area contributed by atoms with E-state index in [0.717, 1.165) is 11.1 Å². The van der Waals surface area contributed by atoms with E-state index in [4.69, 9.17) is 10.5 Å². The van der Waals surface area contributed by atoms with Crippen molar-refractivity contribution in [2.24, 2.45) is 0 Å². The number of para-hydroxylation sites is 1. The minimum atomic E-state index is -1.06. The van der Waals surface area contributed by atoms with Gasteiger partial charge in [-0.25, -0.2) is 4.79 Å². The standard InChI is InChI=1S/C17H19NO3/c1-10(2)12-8-7-11(3)15(9-12)21-16-13(17(19)20)5-4-6-14(16)18/h4-10H,18H2,1-3H3,(H,19,20). The van der Waals surface area contributed by atoms with E-state index in [2.05, 4.69) is 13.8 Å². The van der Waals surface area contributed by atoms with Crippen molar-refractivity contribution in [2.45, 2.75) is 26.7 Å². The van der Waals surface area contributed by atoms with E-state index < -0.39 is 5.97 Å². The maximum absolute atomic E-state index is 11.3. The molecule has 0 saturated carbocycles. The number of hydrogen-bond acceptors (Lipinski definition) is 3. The third kappa shape index (κ3) is 3.16. The second-order valence-electron chi connectivity index (χ2n) is 5.31. The SMILES string of the molecule is Cc1ccc(C(C)C)cc1Oc1c(N)cccc1C(=O)O. The molecule has 4 nitrogen and oxygen atoms in total. The Labute approximate surface area is 124 Å². The van der Waals surface area contributed by atoms with Gasteiger partial charge < -0.3 is 15.6 Å². The lowest BCUT2D eigenvalue weighted by Gasteiger charge is -2.15. The van der Waals surface area contributed by atoms with Crippen LogP contribution in [0.5, 0.6) is 11.5 Å². The molecule has 0 aromatic heterocycles. The number of anilines is 1. The number of carboxylic acid groups (broad SMARTS) is 1. The molecule has 110 valence electrons. The minimum absolute atomic E-state index is 0.0596. The normalized spacial score (nSPS) is 10.7. The zero-order valence-corrected chi connectivity index (χ0v) is 12.4. The van der Waals surface area contributed by atoms with Crippen LogP contribution in [0.15, 0.2) is 36.4 Å². The van der Waals surface area contributed by atoms with E-state index in [1.165, 1.54) is 6.07 Å². The minimum Gasteiger partial charge on any atom is -0.478 e. The number of carbonyl (C=O) groups is 1. The first-order chi connectivity index (χ1) is 9.90. The van der Waals surface area contributed by atoms with Gasteiger partial charge in [-0.3, -0.25) is 0 Å². The van der Waals surface area contributed by atoms with Gasteiger partial charge in [0.25, 0.3) is 0 Å². The molecule has 4 heteroatoms. The Balaban J connectivity index is 2.48. The summed E-state index contributed by atoms with van der Waals surface area (Å²) in [5.41, 5.74) is 8.29. The third-order valence-electron chi connectivity index (χ3n) is 3.37. The Morgan fingerprint density at radius 3 is 2.57 bits per heavy atom. The summed E-state index contributed by atoms with van der Waals surface area (Å²) in [7, 11) is 0. The number of aryl methyl sites for hydroxylation is 1. The molecule has 0 spiro atoms. The molecule has 0 bridgehead atoms. The Hall–Kier alpha value is -2.49. The smallest absolute Gasteiger partial charge is 0.339 e. The van der Waals surface area contributed by atoms with Gasteiger partial charge >= 0.3 is 5.97 Å². The fraction of sp³-hybridized carbons (Fsp3) is 0.235. The van der Waals surface area contributed by atoms with E-state index >= 15 is 0 Å². The first kappa shape index (κ1) is 14.9. The van der Waals surface area contributed by atoms with Gasteiger partial charge in [-0.1, -0.05) is 32.0 Å². The highest BCUT2D eigenvalue weighted by Crippen LogP contribution is 2.34. The highest BCUT2D eigenvalue weighted by atomic mass is 16.5. The molecule has 0 fully saturated rings. The number of ether oxygens (including phenoxy) is 1. The molecule has 2 rings (SSSR count). The summed E-state index contributed by atoms with van der Waals surface area (Å²) in [5, 5.41) is 9.24. The predicted molar refractivity (Wildman–Crippen MR) is 83.2 cm³/mol. The van der Waals surface area contributed by atoms with Crippen LogP contribution in [0.2, 0.25) is 0 Å². The summed E-state index contributed by atoms with van der Waals surface area (Å²) in [4.78, 5) is 11.3. The first-order valence-electron chi connectivity index (χ1n) is 6.80. The zero-order chi connectivity index (χ0) is 15.6. The van der Waals surface area contributed by atoms with Crippen molar-refractivity contribution >= 4 is 11.7 Å². The van der Waals surface area contributed by atoms with Crippen LogP contribution in [0.25, 0.3) is 0 Å². The van der Waals surface area contributed by atoms with Crippen LogP contribution >= 0.6 is 0 Å². The number of aromatic carboxylic acids is 1. The average molecular weight is 285 g/mol. The molecule has 0 saturated heterocycles. The van der Waals surface area contributed by atoms with E-state index in [-0.39, 0.29) is 11.3 Å². The number of benzene rings is 2. The first-order valence-corrected chi connectivity index (χ1v) is 6.80. The number of nitrogen functional groups attached to an aromatic ring is 1. The van der Waals surface area contributed by atoms with Crippen LogP contribution in [-0.2, 0) is 0 Å². The molecular formula is C17H19NO3. The Morgan fingerprint density at radius 2 is 1.95 bits per heavy atom. The molecule has 3 N–H and O–H groups in total. The summed E-state index contributed by atoms with van der Waals surface area (Å²) in [5.74, 6) is 0.116. The molecule has 0 aliphatic heterocycles. The lowest BCUT2D eigenvalue weighted by Crippen LogP contribution is -2.03. The zero-order valence-electron chi connectivity index (χ0n) is 12.4. The van der Waals surface area contributed by atoms with Gasteiger partial charge in [0, 0.05) is 0 Å². The van der Waals surface area contributed by atoms with Crippen LogP contribution in [0.3, 0.4) is 0 Å². The van der Waals surface area contributed by atoms with Gasteiger partial charge in [0.1, 0.15) is 11.3 Å². The molecule has 0 aliphatic carbocycles. The molecular weight excluding hydrogens is 266 g/mol. The highest BCUT2D eigenvalue weighted by molar-refractivity contribution is 5.93. The van der Waals surface area contributed by atoms with Gasteiger partial charge in [-0.05, 0) is 42.2 Å². The van der Waals surface area contributed by atoms with Crippen LogP contribution < -0.4 is 10.5 Å². The fourth-order valence-corrected chi connectivity index (χ4v) is 2.03. The molecule has 0 heterocycles. The van der Waals surface area contributed by atoms with E-state index in [1.54, 1.807) is 12.1 Å². The molecule has 2 aromatic carbocycles.